The zero-order valence-corrected chi connectivity index (χ0v) is 11.6. The van der Waals surface area contributed by atoms with Gasteiger partial charge in [0, 0.05) is 4.83 Å². The van der Waals surface area contributed by atoms with Crippen molar-refractivity contribution in [2.24, 2.45) is 5.41 Å². The first-order chi connectivity index (χ1) is 8.03. The van der Waals surface area contributed by atoms with Crippen molar-refractivity contribution in [1.82, 2.24) is 0 Å². The molecule has 0 aliphatic heterocycles. The maximum absolute atomic E-state index is 13.6. The molecule has 2 rings (SSSR count). The number of hydrogen-bond acceptors (Lipinski definition) is 0. The van der Waals surface area contributed by atoms with Gasteiger partial charge in [0.05, 0.1) is 0 Å². The van der Waals surface area contributed by atoms with Crippen molar-refractivity contribution >= 4 is 15.9 Å². The topological polar surface area (TPSA) is 0 Å². The van der Waals surface area contributed by atoms with E-state index in [-0.39, 0.29) is 10.2 Å². The molecular weight excluding hydrogens is 286 g/mol. The zero-order chi connectivity index (χ0) is 12.5. The molecule has 1 saturated carbocycles. The minimum Gasteiger partial charge on any atom is -0.204 e. The molecule has 0 radical (unpaired) electrons. The van der Waals surface area contributed by atoms with Crippen LogP contribution in [0.4, 0.5) is 8.78 Å². The lowest BCUT2D eigenvalue weighted by molar-refractivity contribution is 0.323. The molecule has 0 amide bonds. The smallest absolute Gasteiger partial charge is 0.162 e. The van der Waals surface area contributed by atoms with Gasteiger partial charge in [-0.05, 0) is 36.3 Å². The number of benzene rings is 1. The molecule has 0 aromatic heterocycles. The van der Waals surface area contributed by atoms with Crippen molar-refractivity contribution in [3.63, 3.8) is 0 Å². The van der Waals surface area contributed by atoms with Crippen molar-refractivity contribution < 1.29 is 8.78 Å². The van der Waals surface area contributed by atoms with E-state index in [2.05, 4.69) is 22.9 Å². The molecule has 94 valence electrons. The fraction of sp³-hybridized carbons (Fsp3) is 0.571. The maximum Gasteiger partial charge on any atom is 0.162 e. The van der Waals surface area contributed by atoms with Crippen LogP contribution in [0.3, 0.4) is 0 Å². The fourth-order valence-electron chi connectivity index (χ4n) is 2.64. The van der Waals surface area contributed by atoms with Gasteiger partial charge in [0.25, 0.3) is 0 Å². The van der Waals surface area contributed by atoms with Crippen LogP contribution in [0.5, 0.6) is 0 Å². The Balaban J connectivity index is 2.12. The van der Waals surface area contributed by atoms with Crippen LogP contribution in [0.25, 0.3) is 0 Å². The summed E-state index contributed by atoms with van der Waals surface area (Å²) in [5, 5.41) is 0. The average Bonchev–Trinajstić information content (AvgIpc) is 2.73. The minimum atomic E-state index is -0.751. The highest BCUT2D eigenvalue weighted by atomic mass is 79.9. The quantitative estimate of drug-likeness (QED) is 0.700. The van der Waals surface area contributed by atoms with Crippen molar-refractivity contribution in [1.29, 1.82) is 0 Å². The third-order valence-corrected chi connectivity index (χ3v) is 5.36. The van der Waals surface area contributed by atoms with Crippen molar-refractivity contribution in [3.05, 3.63) is 35.4 Å². The normalized spacial score (nSPS) is 20.5. The van der Waals surface area contributed by atoms with Crippen molar-refractivity contribution in [3.8, 4) is 0 Å². The Morgan fingerprint density at radius 1 is 1.29 bits per heavy atom. The summed E-state index contributed by atoms with van der Waals surface area (Å²) in [7, 11) is 0. The molecule has 0 heterocycles. The first-order valence-corrected chi connectivity index (χ1v) is 7.01. The molecule has 0 N–H and O–H groups in total. The van der Waals surface area contributed by atoms with Crippen LogP contribution in [0.1, 0.15) is 38.2 Å². The molecule has 0 spiro atoms. The molecule has 1 aliphatic rings. The predicted octanol–water partition coefficient (Wildman–Crippen LogP) is 4.85. The molecule has 1 fully saturated rings. The van der Waals surface area contributed by atoms with Gasteiger partial charge in [-0.1, -0.05) is 47.8 Å². The Bertz CT molecular complexity index is 397. The standard InChI is InChI=1S/C14H17BrF2/c1-14(7-2-3-8-14)12(15)9-10-5-4-6-11(16)13(10)17/h4-6,12H,2-3,7-9H2,1H3. The number of rotatable bonds is 3. The van der Waals surface area contributed by atoms with E-state index in [1.54, 1.807) is 12.1 Å². The van der Waals surface area contributed by atoms with E-state index in [0.717, 1.165) is 0 Å². The Labute approximate surface area is 110 Å². The Hall–Kier alpha value is -0.440. The van der Waals surface area contributed by atoms with Gasteiger partial charge in [0.2, 0.25) is 0 Å². The number of halogens is 3. The van der Waals surface area contributed by atoms with E-state index in [9.17, 15) is 8.78 Å². The zero-order valence-electron chi connectivity index (χ0n) is 9.98. The van der Waals surface area contributed by atoms with Gasteiger partial charge in [0.15, 0.2) is 11.6 Å². The van der Waals surface area contributed by atoms with E-state index in [4.69, 9.17) is 0 Å². The lowest BCUT2D eigenvalue weighted by atomic mass is 9.82. The van der Waals surface area contributed by atoms with Crippen LogP contribution >= 0.6 is 15.9 Å². The lowest BCUT2D eigenvalue weighted by Crippen LogP contribution is -2.26. The molecule has 1 aromatic carbocycles. The number of hydrogen-bond donors (Lipinski definition) is 0. The average molecular weight is 303 g/mol. The summed E-state index contributed by atoms with van der Waals surface area (Å²) in [6, 6.07) is 4.41. The van der Waals surface area contributed by atoms with Crippen molar-refractivity contribution in [2.45, 2.75) is 43.9 Å². The summed E-state index contributed by atoms with van der Waals surface area (Å²) in [6.45, 7) is 2.23. The second kappa shape index (κ2) is 5.05. The highest BCUT2D eigenvalue weighted by Crippen LogP contribution is 2.44. The Kier molecular flexibility index (Phi) is 3.86. The monoisotopic (exact) mass is 302 g/mol. The molecule has 0 saturated heterocycles. The molecule has 1 aromatic rings. The fourth-order valence-corrected chi connectivity index (χ4v) is 3.45. The van der Waals surface area contributed by atoms with Crippen LogP contribution in [0.2, 0.25) is 0 Å². The largest absolute Gasteiger partial charge is 0.204 e. The van der Waals surface area contributed by atoms with Gasteiger partial charge in [-0.25, -0.2) is 8.78 Å². The first kappa shape index (κ1) is 13.0. The third-order valence-electron chi connectivity index (χ3n) is 3.93. The van der Waals surface area contributed by atoms with Gasteiger partial charge >= 0.3 is 0 Å². The predicted molar refractivity (Wildman–Crippen MR) is 69.4 cm³/mol. The van der Waals surface area contributed by atoms with E-state index < -0.39 is 11.6 Å². The highest BCUT2D eigenvalue weighted by molar-refractivity contribution is 9.09. The summed E-state index contributed by atoms with van der Waals surface area (Å²) in [6.07, 6.45) is 5.37. The van der Waals surface area contributed by atoms with E-state index >= 15 is 0 Å². The van der Waals surface area contributed by atoms with Gasteiger partial charge in [-0.2, -0.15) is 0 Å². The number of alkyl halides is 1. The minimum absolute atomic E-state index is 0.216. The summed E-state index contributed by atoms with van der Waals surface area (Å²) in [4.78, 5) is 0.216. The molecule has 3 heteroatoms. The second-order valence-corrected chi connectivity index (χ2v) is 6.35. The Morgan fingerprint density at radius 3 is 2.59 bits per heavy atom. The van der Waals surface area contributed by atoms with Gasteiger partial charge in [0.1, 0.15) is 0 Å². The molecule has 1 unspecified atom stereocenters. The van der Waals surface area contributed by atoms with Crippen LogP contribution in [0.15, 0.2) is 18.2 Å². The first-order valence-electron chi connectivity index (χ1n) is 6.10. The third kappa shape index (κ3) is 2.70. The van der Waals surface area contributed by atoms with Gasteiger partial charge < -0.3 is 0 Å². The summed E-state index contributed by atoms with van der Waals surface area (Å²) < 4.78 is 26.7. The molecule has 0 nitrogen and oxygen atoms in total. The van der Waals surface area contributed by atoms with E-state index in [1.165, 1.54) is 31.7 Å². The molecule has 1 aliphatic carbocycles. The van der Waals surface area contributed by atoms with Crippen LogP contribution in [0, 0.1) is 17.0 Å². The lowest BCUT2D eigenvalue weighted by Gasteiger charge is -2.30. The summed E-state index contributed by atoms with van der Waals surface area (Å²) >= 11 is 3.67. The summed E-state index contributed by atoms with van der Waals surface area (Å²) in [5.74, 6) is -1.45. The maximum atomic E-state index is 13.6. The van der Waals surface area contributed by atoms with Gasteiger partial charge in [-0.15, -0.1) is 0 Å². The van der Waals surface area contributed by atoms with Crippen LogP contribution < -0.4 is 0 Å². The molecule has 17 heavy (non-hydrogen) atoms. The SMILES string of the molecule is CC1(C(Br)Cc2cccc(F)c2F)CCCC1. The Morgan fingerprint density at radius 2 is 1.94 bits per heavy atom. The summed E-state index contributed by atoms with van der Waals surface area (Å²) in [5.41, 5.74) is 0.693. The highest BCUT2D eigenvalue weighted by Gasteiger charge is 2.35. The van der Waals surface area contributed by atoms with Gasteiger partial charge in [-0.3, -0.25) is 0 Å². The molecule has 1 atom stereocenters. The van der Waals surface area contributed by atoms with Crippen molar-refractivity contribution in [2.75, 3.05) is 0 Å². The molecule has 0 bridgehead atoms. The van der Waals surface area contributed by atoms with Crippen LogP contribution in [-0.4, -0.2) is 4.83 Å². The second-order valence-electron chi connectivity index (χ2n) is 5.25. The van der Waals surface area contributed by atoms with Crippen LogP contribution in [-0.2, 0) is 6.42 Å². The molecular formula is C14H17BrF2. The van der Waals surface area contributed by atoms with E-state index in [0.29, 0.717) is 12.0 Å². The van der Waals surface area contributed by atoms with E-state index in [1.807, 2.05) is 0 Å².